The van der Waals surface area contributed by atoms with E-state index >= 15 is 0 Å². The summed E-state index contributed by atoms with van der Waals surface area (Å²) in [5.41, 5.74) is 0.0687. The van der Waals surface area contributed by atoms with Crippen LogP contribution in [0.15, 0.2) is 60.7 Å². The fourth-order valence-corrected chi connectivity index (χ4v) is 3.66. The predicted molar refractivity (Wildman–Crippen MR) is 132 cm³/mol. The van der Waals surface area contributed by atoms with Gasteiger partial charge in [0.1, 0.15) is 11.2 Å². The van der Waals surface area contributed by atoms with Crippen LogP contribution in [0.25, 0.3) is 0 Å². The molecule has 33 heavy (non-hydrogen) atoms. The van der Waals surface area contributed by atoms with E-state index in [0.29, 0.717) is 25.8 Å². The molecule has 0 aliphatic rings. The second-order valence-electron chi connectivity index (χ2n) is 10.8. The maximum absolute atomic E-state index is 13.7. The molecule has 0 heterocycles. The number of hydrogen-bond acceptors (Lipinski definition) is 4. The Labute approximate surface area is 199 Å². The quantitative estimate of drug-likeness (QED) is 0.456. The number of carbonyl (C=O) groups is 2. The highest BCUT2D eigenvalue weighted by Gasteiger charge is 2.42. The molecule has 0 unspecified atom stereocenters. The van der Waals surface area contributed by atoms with Crippen molar-refractivity contribution in [1.29, 1.82) is 0 Å². The monoisotopic (exact) mass is 453 g/mol. The summed E-state index contributed by atoms with van der Waals surface area (Å²) < 4.78 is 11.5. The molecule has 5 nitrogen and oxygen atoms in total. The third-order valence-corrected chi connectivity index (χ3v) is 5.23. The first-order valence-corrected chi connectivity index (χ1v) is 11.6. The molecule has 180 valence electrons. The van der Waals surface area contributed by atoms with Crippen molar-refractivity contribution in [3.63, 3.8) is 0 Å². The number of amides is 1. The summed E-state index contributed by atoms with van der Waals surface area (Å²) in [6.07, 6.45) is 1.07. The molecule has 0 saturated carbocycles. The van der Waals surface area contributed by atoms with E-state index in [-0.39, 0.29) is 5.97 Å². The molecule has 1 amide bonds. The van der Waals surface area contributed by atoms with E-state index < -0.39 is 22.7 Å². The summed E-state index contributed by atoms with van der Waals surface area (Å²) >= 11 is 0. The normalized spacial score (nSPS) is 12.2. The van der Waals surface area contributed by atoms with Gasteiger partial charge in [-0.05, 0) is 71.9 Å². The minimum atomic E-state index is -0.841. The molecule has 0 spiro atoms. The van der Waals surface area contributed by atoms with Gasteiger partial charge in [0.2, 0.25) is 0 Å². The predicted octanol–water partition coefficient (Wildman–Crippen LogP) is 6.06. The van der Waals surface area contributed by atoms with Crippen molar-refractivity contribution in [1.82, 2.24) is 4.90 Å². The van der Waals surface area contributed by atoms with Gasteiger partial charge in [-0.1, -0.05) is 60.7 Å². The van der Waals surface area contributed by atoms with E-state index in [1.54, 1.807) is 11.9 Å². The molecule has 0 saturated heterocycles. The molecule has 0 N–H and O–H groups in total. The third kappa shape index (κ3) is 8.91. The summed E-state index contributed by atoms with van der Waals surface area (Å²) in [7, 11) is 1.71. The van der Waals surface area contributed by atoms with Gasteiger partial charge in [-0.25, -0.2) is 4.79 Å². The maximum Gasteiger partial charge on any atom is 0.410 e. The summed E-state index contributed by atoms with van der Waals surface area (Å²) in [5, 5.41) is 0. The number of carbonyl (C=O) groups excluding carboxylic acids is 2. The third-order valence-electron chi connectivity index (χ3n) is 5.23. The minimum Gasteiger partial charge on any atom is -0.460 e. The van der Waals surface area contributed by atoms with Crippen LogP contribution >= 0.6 is 0 Å². The van der Waals surface area contributed by atoms with Crippen molar-refractivity contribution in [2.45, 2.75) is 72.0 Å². The van der Waals surface area contributed by atoms with E-state index in [1.807, 2.05) is 102 Å². The Morgan fingerprint density at radius 3 is 1.55 bits per heavy atom. The van der Waals surface area contributed by atoms with E-state index in [2.05, 4.69) is 0 Å². The van der Waals surface area contributed by atoms with Crippen molar-refractivity contribution < 1.29 is 19.1 Å². The molecular weight excluding hydrogens is 414 g/mol. The van der Waals surface area contributed by atoms with Crippen LogP contribution in [0.4, 0.5) is 4.79 Å². The standard InChI is InChI=1S/C28H39NO4/c1-26(2,3)32-24(30)28(20-22-14-10-8-11-15-22,21-23-16-12-9-13-17-23)18-19-29(7)25(31)33-27(4,5)6/h8-17H,18-21H2,1-7H3. The van der Waals surface area contributed by atoms with Gasteiger partial charge in [-0.2, -0.15) is 0 Å². The van der Waals surface area contributed by atoms with Gasteiger partial charge >= 0.3 is 12.1 Å². The molecule has 0 aliphatic carbocycles. The van der Waals surface area contributed by atoms with Crippen LogP contribution in [-0.2, 0) is 27.1 Å². The van der Waals surface area contributed by atoms with E-state index in [9.17, 15) is 9.59 Å². The largest absolute Gasteiger partial charge is 0.460 e. The first kappa shape index (κ1) is 26.4. The van der Waals surface area contributed by atoms with E-state index in [0.717, 1.165) is 11.1 Å². The molecule has 5 heteroatoms. The zero-order chi connectivity index (χ0) is 24.7. The second-order valence-corrected chi connectivity index (χ2v) is 10.8. The Bertz CT molecular complexity index is 853. The van der Waals surface area contributed by atoms with Gasteiger partial charge in [0.15, 0.2) is 0 Å². The van der Waals surface area contributed by atoms with Crippen LogP contribution in [0.5, 0.6) is 0 Å². The number of nitrogens with zero attached hydrogens (tertiary/aromatic N) is 1. The molecule has 2 aromatic rings. The lowest BCUT2D eigenvalue weighted by Crippen LogP contribution is -2.44. The van der Waals surface area contributed by atoms with Gasteiger partial charge < -0.3 is 14.4 Å². The highest BCUT2D eigenvalue weighted by atomic mass is 16.6. The average molecular weight is 454 g/mol. The second kappa shape index (κ2) is 10.9. The van der Waals surface area contributed by atoms with Crippen LogP contribution in [-0.4, -0.2) is 41.8 Å². The van der Waals surface area contributed by atoms with E-state index in [4.69, 9.17) is 9.47 Å². The topological polar surface area (TPSA) is 55.8 Å². The fraction of sp³-hybridized carbons (Fsp3) is 0.500. The molecule has 0 atom stereocenters. The Morgan fingerprint density at radius 1 is 0.727 bits per heavy atom. The number of hydrogen-bond donors (Lipinski definition) is 0. The Morgan fingerprint density at radius 2 is 1.15 bits per heavy atom. The first-order chi connectivity index (χ1) is 15.3. The fourth-order valence-electron chi connectivity index (χ4n) is 3.66. The molecule has 0 aromatic heterocycles. The van der Waals surface area contributed by atoms with Crippen LogP contribution in [0, 0.1) is 5.41 Å². The molecule has 2 rings (SSSR count). The highest BCUT2D eigenvalue weighted by molar-refractivity contribution is 5.78. The van der Waals surface area contributed by atoms with Crippen LogP contribution < -0.4 is 0 Å². The Balaban J connectivity index is 2.40. The van der Waals surface area contributed by atoms with Crippen molar-refractivity contribution in [2.75, 3.05) is 13.6 Å². The molecule has 0 aliphatic heterocycles. The van der Waals surface area contributed by atoms with Crippen LogP contribution in [0.2, 0.25) is 0 Å². The highest BCUT2D eigenvalue weighted by Crippen LogP contribution is 2.35. The van der Waals surface area contributed by atoms with Crippen LogP contribution in [0.1, 0.15) is 59.1 Å². The van der Waals surface area contributed by atoms with Gasteiger partial charge in [-0.3, -0.25) is 4.79 Å². The lowest BCUT2D eigenvalue weighted by molar-refractivity contribution is -0.168. The number of esters is 1. The molecule has 2 aromatic carbocycles. The van der Waals surface area contributed by atoms with Crippen molar-refractivity contribution in [3.05, 3.63) is 71.8 Å². The average Bonchev–Trinajstić information content (AvgIpc) is 2.70. The van der Waals surface area contributed by atoms with Crippen molar-refractivity contribution >= 4 is 12.1 Å². The summed E-state index contributed by atoms with van der Waals surface area (Å²) in [6, 6.07) is 20.0. The Hall–Kier alpha value is -2.82. The molecular formula is C28H39NO4. The first-order valence-electron chi connectivity index (χ1n) is 11.6. The number of benzene rings is 2. The SMILES string of the molecule is CN(CCC(Cc1ccccc1)(Cc1ccccc1)C(=O)OC(C)(C)C)C(=O)OC(C)(C)C. The van der Waals surface area contributed by atoms with Crippen molar-refractivity contribution in [2.24, 2.45) is 5.41 Å². The Kier molecular flexibility index (Phi) is 8.70. The van der Waals surface area contributed by atoms with Crippen molar-refractivity contribution in [3.8, 4) is 0 Å². The minimum absolute atomic E-state index is 0.250. The van der Waals surface area contributed by atoms with Gasteiger partial charge in [0.25, 0.3) is 0 Å². The molecule has 0 bridgehead atoms. The zero-order valence-electron chi connectivity index (χ0n) is 21.2. The lowest BCUT2D eigenvalue weighted by atomic mass is 9.73. The smallest absolute Gasteiger partial charge is 0.410 e. The van der Waals surface area contributed by atoms with Gasteiger partial charge in [0, 0.05) is 13.6 Å². The molecule has 0 fully saturated rings. The van der Waals surface area contributed by atoms with Crippen LogP contribution in [0.3, 0.4) is 0 Å². The summed E-state index contributed by atoms with van der Waals surface area (Å²) in [6.45, 7) is 11.5. The number of ether oxygens (including phenoxy) is 2. The molecule has 0 radical (unpaired) electrons. The lowest BCUT2D eigenvalue weighted by Gasteiger charge is -2.36. The van der Waals surface area contributed by atoms with Gasteiger partial charge in [-0.15, -0.1) is 0 Å². The zero-order valence-corrected chi connectivity index (χ0v) is 21.2. The van der Waals surface area contributed by atoms with Gasteiger partial charge in [0.05, 0.1) is 5.41 Å². The maximum atomic E-state index is 13.7. The summed E-state index contributed by atoms with van der Waals surface area (Å²) in [5.74, 6) is -0.250. The summed E-state index contributed by atoms with van der Waals surface area (Å²) in [4.78, 5) is 27.9. The van der Waals surface area contributed by atoms with E-state index in [1.165, 1.54) is 0 Å². The number of rotatable bonds is 8.